The monoisotopic (exact) mass is 406 g/mol. The summed E-state index contributed by atoms with van der Waals surface area (Å²) in [6, 6.07) is 11.0. The van der Waals surface area contributed by atoms with Crippen LogP contribution in [0.5, 0.6) is 0 Å². The minimum Gasteiger partial charge on any atom is -0.466 e. The van der Waals surface area contributed by atoms with Crippen LogP contribution in [0.25, 0.3) is 0 Å². The molecule has 0 spiro atoms. The Morgan fingerprint density at radius 3 is 2.30 bits per heavy atom. The molecule has 1 aromatic rings. The van der Waals surface area contributed by atoms with Crippen molar-refractivity contribution >= 4 is 0 Å². The second kappa shape index (κ2) is 7.60. The Labute approximate surface area is 182 Å². The topological polar surface area (TPSA) is 38.5 Å². The minimum absolute atomic E-state index is 0.00919. The molecule has 162 valence electrons. The summed E-state index contributed by atoms with van der Waals surface area (Å²) in [6.45, 7) is 16.6. The Hall–Kier alpha value is -2.00. The lowest BCUT2D eigenvalue weighted by molar-refractivity contribution is 0.155. The fourth-order valence-electron chi connectivity index (χ4n) is 5.83. The average Bonchev–Trinajstić information content (AvgIpc) is 2.94. The zero-order valence-corrected chi connectivity index (χ0v) is 19.6. The van der Waals surface area contributed by atoms with Crippen molar-refractivity contribution in [3.63, 3.8) is 0 Å². The van der Waals surface area contributed by atoms with Crippen LogP contribution in [0.3, 0.4) is 0 Å². The van der Waals surface area contributed by atoms with E-state index in [1.165, 1.54) is 35.1 Å². The third kappa shape index (κ3) is 3.73. The number of likely N-dealkylation sites (tertiary alicyclic amines) is 1. The molecule has 0 bridgehead atoms. The molecule has 1 unspecified atom stereocenters. The van der Waals surface area contributed by atoms with Crippen LogP contribution in [-0.2, 0) is 4.74 Å². The van der Waals surface area contributed by atoms with Crippen molar-refractivity contribution in [2.75, 3.05) is 19.6 Å². The Bertz CT molecular complexity index is 908. The minimum atomic E-state index is -0.0318. The van der Waals surface area contributed by atoms with E-state index in [2.05, 4.69) is 76.8 Å². The molecule has 2 aliphatic heterocycles. The molecule has 2 N–H and O–H groups in total. The van der Waals surface area contributed by atoms with Crippen LogP contribution < -0.4 is 5.73 Å². The molecule has 1 saturated heterocycles. The smallest absolute Gasteiger partial charge is 0.105 e. The molecule has 0 radical (unpaired) electrons. The molecular formula is C27H38N2O. The molecule has 3 heteroatoms. The predicted molar refractivity (Wildman–Crippen MR) is 125 cm³/mol. The Morgan fingerprint density at radius 2 is 1.70 bits per heavy atom. The van der Waals surface area contributed by atoms with Crippen molar-refractivity contribution in [1.82, 2.24) is 4.90 Å². The number of ether oxygens (including phenoxy) is 1. The van der Waals surface area contributed by atoms with Gasteiger partial charge in [-0.2, -0.15) is 0 Å². The summed E-state index contributed by atoms with van der Waals surface area (Å²) in [7, 11) is 0. The molecule has 0 aromatic heterocycles. The first kappa shape index (κ1) is 21.2. The zero-order valence-electron chi connectivity index (χ0n) is 19.6. The number of rotatable bonds is 3. The highest BCUT2D eigenvalue weighted by Gasteiger charge is 2.45. The van der Waals surface area contributed by atoms with Gasteiger partial charge in [-0.25, -0.2) is 0 Å². The molecule has 3 nitrogen and oxygen atoms in total. The number of nitrogens with two attached hydrogens (primary N) is 1. The highest BCUT2D eigenvalue weighted by molar-refractivity contribution is 5.60. The Balaban J connectivity index is 1.54. The van der Waals surface area contributed by atoms with E-state index in [1.54, 1.807) is 0 Å². The fraction of sp³-hybridized carbons (Fsp3) is 0.556. The van der Waals surface area contributed by atoms with Gasteiger partial charge in [-0.1, -0.05) is 58.0 Å². The number of hydrogen-bond acceptors (Lipinski definition) is 3. The Kier molecular flexibility index (Phi) is 5.38. The van der Waals surface area contributed by atoms with Crippen molar-refractivity contribution in [3.05, 3.63) is 69.8 Å². The summed E-state index contributed by atoms with van der Waals surface area (Å²) in [4.78, 5) is 2.63. The SMILES string of the molecule is CC1=C2CC(C)(CN3CCC(c4ccccc4)CC3)C(N)=C2C(C(C)(C)C)=C(C)O1. The van der Waals surface area contributed by atoms with E-state index in [0.717, 1.165) is 43.3 Å². The predicted octanol–water partition coefficient (Wildman–Crippen LogP) is 6.11. The summed E-state index contributed by atoms with van der Waals surface area (Å²) >= 11 is 0. The molecule has 0 saturated carbocycles. The lowest BCUT2D eigenvalue weighted by Crippen LogP contribution is -2.42. The van der Waals surface area contributed by atoms with Crippen molar-refractivity contribution in [2.24, 2.45) is 16.6 Å². The largest absolute Gasteiger partial charge is 0.466 e. The van der Waals surface area contributed by atoms with Crippen LogP contribution in [0.1, 0.15) is 72.3 Å². The van der Waals surface area contributed by atoms with Gasteiger partial charge in [0.2, 0.25) is 0 Å². The molecule has 4 rings (SSSR count). The van der Waals surface area contributed by atoms with Gasteiger partial charge in [0, 0.05) is 34.4 Å². The van der Waals surface area contributed by atoms with Crippen LogP contribution in [0.2, 0.25) is 0 Å². The van der Waals surface area contributed by atoms with E-state index in [9.17, 15) is 0 Å². The van der Waals surface area contributed by atoms with Gasteiger partial charge in [0.15, 0.2) is 0 Å². The number of nitrogens with zero attached hydrogens (tertiary/aromatic N) is 1. The molecule has 1 aliphatic carbocycles. The van der Waals surface area contributed by atoms with Gasteiger partial charge < -0.3 is 15.4 Å². The van der Waals surface area contributed by atoms with Crippen molar-refractivity contribution < 1.29 is 4.74 Å². The quantitative estimate of drug-likeness (QED) is 0.658. The second-order valence-corrected chi connectivity index (χ2v) is 10.8. The van der Waals surface area contributed by atoms with Gasteiger partial charge in [0.1, 0.15) is 11.5 Å². The van der Waals surface area contributed by atoms with Crippen LogP contribution in [0.15, 0.2) is 64.3 Å². The molecule has 1 atom stereocenters. The van der Waals surface area contributed by atoms with Gasteiger partial charge in [0.25, 0.3) is 0 Å². The summed E-state index contributed by atoms with van der Waals surface area (Å²) in [5, 5.41) is 0. The van der Waals surface area contributed by atoms with Gasteiger partial charge in [0.05, 0.1) is 0 Å². The number of piperidine rings is 1. The number of fused-ring (bicyclic) bond motifs is 1. The molecule has 2 heterocycles. The van der Waals surface area contributed by atoms with E-state index < -0.39 is 0 Å². The molecule has 1 fully saturated rings. The Morgan fingerprint density at radius 1 is 1.07 bits per heavy atom. The van der Waals surface area contributed by atoms with Gasteiger partial charge >= 0.3 is 0 Å². The lowest BCUT2D eigenvalue weighted by atomic mass is 9.78. The van der Waals surface area contributed by atoms with Crippen LogP contribution in [0.4, 0.5) is 0 Å². The molecule has 1 aromatic carbocycles. The van der Waals surface area contributed by atoms with Gasteiger partial charge in [-0.3, -0.25) is 0 Å². The van der Waals surface area contributed by atoms with Gasteiger partial charge in [-0.15, -0.1) is 0 Å². The molecule has 0 amide bonds. The maximum Gasteiger partial charge on any atom is 0.105 e. The van der Waals surface area contributed by atoms with Crippen molar-refractivity contribution in [2.45, 2.75) is 66.7 Å². The van der Waals surface area contributed by atoms with E-state index in [0.29, 0.717) is 5.92 Å². The van der Waals surface area contributed by atoms with Crippen LogP contribution in [-0.4, -0.2) is 24.5 Å². The zero-order chi connectivity index (χ0) is 21.7. The molecular weight excluding hydrogens is 368 g/mol. The number of hydrogen-bond donors (Lipinski definition) is 1. The van der Waals surface area contributed by atoms with Gasteiger partial charge in [-0.05, 0) is 63.1 Å². The summed E-state index contributed by atoms with van der Waals surface area (Å²) in [5.74, 6) is 2.73. The summed E-state index contributed by atoms with van der Waals surface area (Å²) in [6.07, 6.45) is 3.44. The highest BCUT2D eigenvalue weighted by Crippen LogP contribution is 2.54. The first-order valence-corrected chi connectivity index (χ1v) is 11.5. The highest BCUT2D eigenvalue weighted by atomic mass is 16.5. The van der Waals surface area contributed by atoms with E-state index in [4.69, 9.17) is 10.5 Å². The van der Waals surface area contributed by atoms with Crippen molar-refractivity contribution in [1.29, 1.82) is 0 Å². The van der Waals surface area contributed by atoms with Crippen LogP contribution >= 0.6 is 0 Å². The average molecular weight is 407 g/mol. The second-order valence-electron chi connectivity index (χ2n) is 10.8. The maximum absolute atomic E-state index is 6.94. The first-order chi connectivity index (χ1) is 14.1. The third-order valence-electron chi connectivity index (χ3n) is 7.30. The van der Waals surface area contributed by atoms with E-state index in [-0.39, 0.29) is 10.8 Å². The summed E-state index contributed by atoms with van der Waals surface area (Å²) in [5.41, 5.74) is 13.4. The fourth-order valence-corrected chi connectivity index (χ4v) is 5.83. The molecule has 30 heavy (non-hydrogen) atoms. The lowest BCUT2D eigenvalue weighted by Gasteiger charge is -2.38. The van der Waals surface area contributed by atoms with E-state index in [1.807, 2.05) is 0 Å². The third-order valence-corrected chi connectivity index (χ3v) is 7.30. The standard InChI is InChI=1S/C27H38N2O/c1-18-22-16-27(6,25(28)23(22)24(19(2)30-18)26(3,4)5)17-29-14-12-21(13-15-29)20-10-8-7-9-11-20/h7-11,21H,12-17,28H2,1-6H3. The normalized spacial score (nSPS) is 26.3. The number of benzene rings is 1. The number of allylic oxidation sites excluding steroid dienone is 5. The van der Waals surface area contributed by atoms with Crippen molar-refractivity contribution in [3.8, 4) is 0 Å². The maximum atomic E-state index is 6.94. The van der Waals surface area contributed by atoms with E-state index >= 15 is 0 Å². The summed E-state index contributed by atoms with van der Waals surface area (Å²) < 4.78 is 6.19. The molecule has 3 aliphatic rings. The van der Waals surface area contributed by atoms with Crippen LogP contribution in [0, 0.1) is 10.8 Å². The first-order valence-electron chi connectivity index (χ1n) is 11.5.